The second-order valence-corrected chi connectivity index (χ2v) is 16.1. The highest BCUT2D eigenvalue weighted by Gasteiger charge is 2.42. The summed E-state index contributed by atoms with van der Waals surface area (Å²) in [6, 6.07) is 8.62. The summed E-state index contributed by atoms with van der Waals surface area (Å²) < 4.78 is 56.2. The van der Waals surface area contributed by atoms with E-state index < -0.39 is 34.4 Å². The third kappa shape index (κ3) is 7.89. The average molecular weight is 831 g/mol. The van der Waals surface area contributed by atoms with Gasteiger partial charge in [-0.25, -0.2) is 17.6 Å². The van der Waals surface area contributed by atoms with Crippen molar-refractivity contribution in [3.05, 3.63) is 162 Å². The molecular formula is C47H42F4N6O4. The largest absolute Gasteiger partial charge is 0.338 e. The molecule has 0 saturated carbocycles. The lowest BCUT2D eigenvalue weighted by atomic mass is 9.98. The molecular weight excluding hydrogens is 789 g/mol. The van der Waals surface area contributed by atoms with Crippen LogP contribution in [0.1, 0.15) is 57.3 Å². The lowest BCUT2D eigenvalue weighted by Gasteiger charge is -2.29. The maximum Gasteiger partial charge on any atom is 0.252 e. The molecule has 6 heterocycles. The summed E-state index contributed by atoms with van der Waals surface area (Å²) in [4.78, 5) is 68.4. The van der Waals surface area contributed by atoms with E-state index in [0.717, 1.165) is 52.0 Å². The Kier molecular flexibility index (Phi) is 11.0. The minimum atomic E-state index is -1.02. The summed E-state index contributed by atoms with van der Waals surface area (Å²) in [5.41, 5.74) is 6.56. The predicted molar refractivity (Wildman–Crippen MR) is 225 cm³/mol. The highest BCUT2D eigenvalue weighted by molar-refractivity contribution is 5.89. The number of pyridine rings is 4. The molecule has 2 unspecified atom stereocenters. The number of carbonyl (C=O) groups excluding carboxylic acids is 2. The molecule has 61 heavy (non-hydrogen) atoms. The lowest BCUT2D eigenvalue weighted by molar-refractivity contribution is -0.131. The first-order valence-corrected chi connectivity index (χ1v) is 20.0. The second kappa shape index (κ2) is 16.4. The Hall–Kier alpha value is -6.70. The van der Waals surface area contributed by atoms with Crippen LogP contribution in [-0.2, 0) is 22.4 Å². The first-order valence-electron chi connectivity index (χ1n) is 20.0. The minimum Gasteiger partial charge on any atom is -0.338 e. The van der Waals surface area contributed by atoms with E-state index in [0.29, 0.717) is 31.6 Å². The number of aryl methyl sites for hydroxylation is 4. The Labute approximate surface area is 347 Å². The summed E-state index contributed by atoms with van der Waals surface area (Å²) in [6.45, 7) is 8.58. The number of hydrogen-bond donors (Lipinski definition) is 2. The molecule has 14 heteroatoms. The van der Waals surface area contributed by atoms with Crippen LogP contribution in [0.4, 0.5) is 17.6 Å². The van der Waals surface area contributed by atoms with Gasteiger partial charge in [-0.05, 0) is 127 Å². The van der Waals surface area contributed by atoms with Gasteiger partial charge in [-0.2, -0.15) is 0 Å². The van der Waals surface area contributed by atoms with Gasteiger partial charge in [-0.1, -0.05) is 12.2 Å². The molecule has 10 nitrogen and oxygen atoms in total. The van der Waals surface area contributed by atoms with Gasteiger partial charge in [0.2, 0.25) is 11.8 Å². The van der Waals surface area contributed by atoms with E-state index in [9.17, 15) is 36.7 Å². The summed E-state index contributed by atoms with van der Waals surface area (Å²) in [6.07, 6.45) is 12.6. The van der Waals surface area contributed by atoms with Crippen molar-refractivity contribution in [3.8, 4) is 0 Å². The van der Waals surface area contributed by atoms with Gasteiger partial charge >= 0.3 is 0 Å². The SMILES string of the molecule is Cc1cncc(C2=CC3CC2N(C(=O)Cc2c(C)c4c(F)c(F)ccc4[nH]c2=O)C3)c1.Cc1cncc(C2=CCCN(C(=O)Cc3c(C)c4c(F)c(F)ccc4[nH]c3=O)C2)c1. The van der Waals surface area contributed by atoms with Gasteiger partial charge in [-0.15, -0.1) is 0 Å². The van der Waals surface area contributed by atoms with Crippen molar-refractivity contribution in [2.75, 3.05) is 19.6 Å². The molecule has 0 spiro atoms. The Morgan fingerprint density at radius 2 is 1.28 bits per heavy atom. The molecule has 2 aromatic carbocycles. The van der Waals surface area contributed by atoms with Crippen LogP contribution in [0.2, 0.25) is 0 Å². The average Bonchev–Trinajstić information content (AvgIpc) is 3.86. The van der Waals surface area contributed by atoms with Crippen molar-refractivity contribution in [3.63, 3.8) is 0 Å². The van der Waals surface area contributed by atoms with Crippen LogP contribution < -0.4 is 11.1 Å². The number of carbonyl (C=O) groups is 2. The van der Waals surface area contributed by atoms with Gasteiger partial charge in [0, 0.05) is 66.3 Å². The number of likely N-dealkylation sites (tertiary alicyclic amines) is 1. The predicted octanol–water partition coefficient (Wildman–Crippen LogP) is 7.35. The monoisotopic (exact) mass is 830 g/mol. The van der Waals surface area contributed by atoms with E-state index in [2.05, 4.69) is 38.2 Å². The van der Waals surface area contributed by atoms with Crippen molar-refractivity contribution < 1.29 is 27.2 Å². The van der Waals surface area contributed by atoms with Crippen LogP contribution in [0.3, 0.4) is 0 Å². The van der Waals surface area contributed by atoms with E-state index in [4.69, 9.17) is 0 Å². The van der Waals surface area contributed by atoms with Crippen molar-refractivity contribution in [1.82, 2.24) is 29.7 Å². The van der Waals surface area contributed by atoms with E-state index in [1.165, 1.54) is 12.1 Å². The summed E-state index contributed by atoms with van der Waals surface area (Å²) in [5.74, 6) is -4.17. The number of H-pyrrole nitrogens is 2. The van der Waals surface area contributed by atoms with Gasteiger partial charge in [0.15, 0.2) is 23.3 Å². The molecule has 312 valence electrons. The van der Waals surface area contributed by atoms with Crippen molar-refractivity contribution >= 4 is 44.8 Å². The molecule has 0 radical (unpaired) electrons. The van der Waals surface area contributed by atoms with Crippen molar-refractivity contribution in [2.24, 2.45) is 5.92 Å². The first-order chi connectivity index (χ1) is 29.2. The maximum absolute atomic E-state index is 14.4. The fraction of sp³-hybridized carbons (Fsp3) is 0.277. The van der Waals surface area contributed by atoms with Gasteiger partial charge in [-0.3, -0.25) is 29.1 Å². The zero-order valence-electron chi connectivity index (χ0n) is 34.0. The number of benzene rings is 2. The number of aromatic amines is 2. The van der Waals surface area contributed by atoms with Gasteiger partial charge in [0.05, 0.1) is 29.9 Å². The molecule has 6 aromatic rings. The molecule has 4 aromatic heterocycles. The van der Waals surface area contributed by atoms with E-state index in [1.54, 1.807) is 48.4 Å². The lowest BCUT2D eigenvalue weighted by Crippen LogP contribution is -2.39. The van der Waals surface area contributed by atoms with Crippen LogP contribution in [-0.4, -0.2) is 67.2 Å². The fourth-order valence-electron chi connectivity index (χ4n) is 8.84. The summed E-state index contributed by atoms with van der Waals surface area (Å²) in [5, 5.41) is 0.0132. The van der Waals surface area contributed by atoms with Crippen molar-refractivity contribution in [2.45, 2.75) is 59.4 Å². The first kappa shape index (κ1) is 41.1. The van der Waals surface area contributed by atoms with E-state index in [1.807, 2.05) is 19.9 Å². The molecule has 2 atom stereocenters. The molecule has 1 aliphatic carbocycles. The van der Waals surface area contributed by atoms with Crippen LogP contribution in [0.15, 0.2) is 82.9 Å². The smallest absolute Gasteiger partial charge is 0.252 e. The molecule has 1 fully saturated rings. The third-order valence-electron chi connectivity index (χ3n) is 11.9. The van der Waals surface area contributed by atoms with Crippen LogP contribution >= 0.6 is 0 Å². The number of aromatic nitrogens is 4. The Balaban J connectivity index is 0.000000169. The third-order valence-corrected chi connectivity index (χ3v) is 11.9. The van der Waals surface area contributed by atoms with Crippen LogP contribution in [0.5, 0.6) is 0 Å². The summed E-state index contributed by atoms with van der Waals surface area (Å²) >= 11 is 0. The Bertz CT molecular complexity index is 2970. The van der Waals surface area contributed by atoms with E-state index in [-0.39, 0.29) is 75.1 Å². The quantitative estimate of drug-likeness (QED) is 0.169. The molecule has 1 saturated heterocycles. The number of hydrogen-bond acceptors (Lipinski definition) is 6. The fourth-order valence-corrected chi connectivity index (χ4v) is 8.84. The van der Waals surface area contributed by atoms with Crippen LogP contribution in [0, 0.1) is 56.9 Å². The number of nitrogens with zero attached hydrogens (tertiary/aromatic N) is 4. The second-order valence-electron chi connectivity index (χ2n) is 16.1. The van der Waals surface area contributed by atoms with Crippen LogP contribution in [0.25, 0.3) is 33.0 Å². The zero-order valence-corrected chi connectivity index (χ0v) is 34.0. The molecule has 3 aliphatic rings. The number of rotatable bonds is 6. The highest BCUT2D eigenvalue weighted by atomic mass is 19.2. The minimum absolute atomic E-state index is 0.00228. The Morgan fingerprint density at radius 1 is 0.738 bits per heavy atom. The summed E-state index contributed by atoms with van der Waals surface area (Å²) in [7, 11) is 0. The van der Waals surface area contributed by atoms with Gasteiger partial charge in [0.25, 0.3) is 11.1 Å². The molecule has 2 bridgehead atoms. The van der Waals surface area contributed by atoms with E-state index >= 15 is 0 Å². The molecule has 2 amide bonds. The molecule has 2 N–H and O–H groups in total. The number of fused-ring (bicyclic) bond motifs is 4. The standard InChI is InChI=1S/C24H21F2N3O2.C23H21F2N3O2/c1-12-5-15(10-27-9-12)17-6-14-7-20(17)29(11-14)21(30)8-16-13(2)22-19(28-24(16)31)4-3-18(25)23(22)26;1-13-8-16(11-26-10-13)15-4-3-7-28(12-15)20(29)9-17-14(2)21-19(27-23(17)30)6-5-18(24)22(21)25/h3-6,9-10,14,20H,7-8,11H2,1-2H3,(H,28,31);4-6,8,10-11H,3,7,9,12H2,1-2H3,(H,27,30). The number of amides is 2. The highest BCUT2D eigenvalue weighted by Crippen LogP contribution is 2.42. The molecule has 2 aliphatic heterocycles. The zero-order chi connectivity index (χ0) is 43.3. The Morgan fingerprint density at radius 3 is 1.84 bits per heavy atom. The maximum atomic E-state index is 14.4. The normalized spacial score (nSPS) is 17.0. The molecule has 9 rings (SSSR count). The van der Waals surface area contributed by atoms with Gasteiger partial charge in [0.1, 0.15) is 0 Å². The van der Waals surface area contributed by atoms with Crippen molar-refractivity contribution in [1.29, 1.82) is 0 Å². The topological polar surface area (TPSA) is 132 Å². The van der Waals surface area contributed by atoms with Gasteiger partial charge < -0.3 is 19.8 Å². The number of nitrogens with one attached hydrogen (secondary N) is 2. The number of halogens is 4.